The zero-order valence-corrected chi connectivity index (χ0v) is 37.7. The first kappa shape index (κ1) is 44.0. The smallest absolute Gasteiger partial charge is 0.0691 e. The molecule has 8 bridgehead atoms. The highest BCUT2D eigenvalue weighted by Crippen LogP contribution is 2.53. The number of aliphatic imine (C=N–C) groups is 2. The molecule has 0 saturated heterocycles. The Hall–Kier alpha value is -3.14. The van der Waals surface area contributed by atoms with E-state index < -0.39 is 0 Å². The fraction of sp³-hybridized carbons (Fsp3) is 0.654. The number of unbranched alkanes of at least 4 members (excludes halogenated alkanes) is 12. The van der Waals surface area contributed by atoms with Gasteiger partial charge in [0.05, 0.1) is 33.6 Å². The third-order valence-electron chi connectivity index (χ3n) is 13.7. The number of hydrogen-bond acceptors (Lipinski definition) is 2. The maximum absolute atomic E-state index is 5.75. The Kier molecular flexibility index (Phi) is 15.3. The minimum atomic E-state index is -0.279. The van der Waals surface area contributed by atoms with Gasteiger partial charge in [0.25, 0.3) is 0 Å². The van der Waals surface area contributed by atoms with Crippen molar-refractivity contribution >= 4 is 17.0 Å². The second-order valence-corrected chi connectivity index (χ2v) is 19.5. The van der Waals surface area contributed by atoms with Crippen LogP contribution in [0.3, 0.4) is 0 Å². The molecule has 3 aliphatic heterocycles. The van der Waals surface area contributed by atoms with Gasteiger partial charge < -0.3 is 9.97 Å². The summed E-state index contributed by atoms with van der Waals surface area (Å²) in [4.78, 5) is 19.8. The summed E-state index contributed by atoms with van der Waals surface area (Å²) in [6, 6.07) is 9.77. The molecule has 5 rings (SSSR count). The lowest BCUT2D eigenvalue weighted by molar-refractivity contribution is 0.195. The number of aromatic nitrogens is 2. The van der Waals surface area contributed by atoms with Crippen molar-refractivity contribution in [3.05, 3.63) is 88.3 Å². The molecule has 4 heteroatoms. The number of aromatic amines is 2. The molecule has 2 N–H and O–H groups in total. The zero-order valence-electron chi connectivity index (χ0n) is 37.7. The molecule has 2 aromatic rings. The number of fused-ring (bicyclic) bond motifs is 6. The van der Waals surface area contributed by atoms with Crippen molar-refractivity contribution in [2.45, 2.75) is 208 Å². The Labute approximate surface area is 343 Å². The average molecular weight is 761 g/mol. The molecule has 3 aliphatic rings. The van der Waals surface area contributed by atoms with Crippen molar-refractivity contribution in [1.29, 1.82) is 0 Å². The van der Waals surface area contributed by atoms with Crippen molar-refractivity contribution in [3.63, 3.8) is 0 Å². The highest BCUT2D eigenvalue weighted by Gasteiger charge is 2.51. The Morgan fingerprint density at radius 3 is 1.50 bits per heavy atom. The summed E-state index contributed by atoms with van der Waals surface area (Å²) in [5.74, 6) is 0. The maximum atomic E-state index is 5.75. The van der Waals surface area contributed by atoms with Gasteiger partial charge in [-0.05, 0) is 97.9 Å². The van der Waals surface area contributed by atoms with Gasteiger partial charge in [-0.25, -0.2) is 4.99 Å². The summed E-state index contributed by atoms with van der Waals surface area (Å²) in [7, 11) is 0. The predicted octanol–water partition coefficient (Wildman–Crippen LogP) is 15.8. The molecule has 5 heterocycles. The van der Waals surface area contributed by atoms with Crippen LogP contribution < -0.4 is 0 Å². The van der Waals surface area contributed by atoms with E-state index in [1.54, 1.807) is 0 Å². The van der Waals surface area contributed by atoms with E-state index in [1.165, 1.54) is 136 Å². The van der Waals surface area contributed by atoms with E-state index in [1.807, 2.05) is 0 Å². The molecule has 0 aromatic carbocycles. The van der Waals surface area contributed by atoms with Crippen molar-refractivity contribution < 1.29 is 0 Å². The van der Waals surface area contributed by atoms with Crippen molar-refractivity contribution in [2.75, 3.05) is 0 Å². The van der Waals surface area contributed by atoms with Crippen LogP contribution in [-0.2, 0) is 10.8 Å². The molecular formula is C52H80N4. The summed E-state index contributed by atoms with van der Waals surface area (Å²) in [5.41, 5.74) is 11.8. The van der Waals surface area contributed by atoms with Crippen LogP contribution in [-0.4, -0.2) is 21.4 Å². The van der Waals surface area contributed by atoms with E-state index in [-0.39, 0.29) is 21.7 Å². The molecule has 0 saturated carbocycles. The second kappa shape index (κ2) is 19.5. The lowest BCUT2D eigenvalue weighted by Gasteiger charge is -2.46. The highest BCUT2D eigenvalue weighted by atomic mass is 14.9. The number of rotatable bonds is 20. The Bertz CT molecular complexity index is 1770. The topological polar surface area (TPSA) is 56.3 Å². The fourth-order valence-electron chi connectivity index (χ4n) is 10.2. The summed E-state index contributed by atoms with van der Waals surface area (Å²) in [6.07, 6.45) is 33.3. The molecule has 0 radical (unpaired) electrons. The van der Waals surface area contributed by atoms with Gasteiger partial charge in [0.15, 0.2) is 0 Å². The number of nitrogens with one attached hydrogen (secondary N) is 2. The third kappa shape index (κ3) is 9.26. The Balaban J connectivity index is 1.82. The van der Waals surface area contributed by atoms with E-state index in [0.29, 0.717) is 0 Å². The van der Waals surface area contributed by atoms with E-state index >= 15 is 0 Å². The van der Waals surface area contributed by atoms with Crippen molar-refractivity contribution in [3.8, 4) is 0 Å². The molecule has 2 atom stereocenters. The van der Waals surface area contributed by atoms with Crippen LogP contribution in [0.15, 0.2) is 75.5 Å². The normalized spacial score (nSPS) is 23.7. The molecule has 2 aromatic heterocycles. The number of nitrogens with zero attached hydrogens (tertiary/aromatic N) is 2. The number of allylic oxidation sites excluding steroid dienone is 6. The van der Waals surface area contributed by atoms with Crippen LogP contribution in [0, 0.1) is 10.8 Å². The van der Waals surface area contributed by atoms with Gasteiger partial charge in [0, 0.05) is 33.9 Å². The molecular weight excluding hydrogens is 681 g/mol. The summed E-state index contributed by atoms with van der Waals surface area (Å²) < 4.78 is 0. The summed E-state index contributed by atoms with van der Waals surface area (Å²) in [5, 5.41) is 0. The van der Waals surface area contributed by atoms with Gasteiger partial charge in [-0.15, -0.1) is 0 Å². The molecule has 2 unspecified atom stereocenters. The van der Waals surface area contributed by atoms with Gasteiger partial charge in [-0.2, -0.15) is 0 Å². The standard InChI is InChI=1S/C52H80N4/c1-11-15-19-23-27-39-41-29-30-42(53-41)40(28-24-20-16-12-2)44-32-34-46(55-44)52(50(8,9)10,38-26-22-18-14-4)48-36-35-47(56-48)51(49(5,6)7,37-25-21-17-13-3)45-33-31-43(39)54-45/h29-36,54,56H,11-28,37-38H2,1-10H3/b41-39-,44-40-. The lowest BCUT2D eigenvalue weighted by atomic mass is 9.59. The maximum Gasteiger partial charge on any atom is 0.0691 e. The predicted molar refractivity (Wildman–Crippen MR) is 245 cm³/mol. The van der Waals surface area contributed by atoms with Crippen LogP contribution in [0.4, 0.5) is 0 Å². The van der Waals surface area contributed by atoms with E-state index in [4.69, 9.17) is 9.98 Å². The van der Waals surface area contributed by atoms with Crippen LogP contribution in [0.25, 0.3) is 5.57 Å². The van der Waals surface area contributed by atoms with Crippen molar-refractivity contribution in [1.82, 2.24) is 9.97 Å². The van der Waals surface area contributed by atoms with Crippen molar-refractivity contribution in [2.24, 2.45) is 20.8 Å². The Morgan fingerprint density at radius 1 is 0.464 bits per heavy atom. The van der Waals surface area contributed by atoms with Gasteiger partial charge in [-0.1, -0.05) is 159 Å². The largest absolute Gasteiger partial charge is 0.361 e. The zero-order chi connectivity index (χ0) is 40.4. The first-order valence-electron chi connectivity index (χ1n) is 23.3. The van der Waals surface area contributed by atoms with Crippen LogP contribution in [0.1, 0.15) is 220 Å². The molecule has 0 amide bonds. The van der Waals surface area contributed by atoms with Crippen LogP contribution in [0.5, 0.6) is 0 Å². The SMILES string of the molecule is CCCCCC/C1=C2\C=CC(=N2)C(CCCCCC)(C(C)(C)C)c2ccc([nH]2)C(CCCCCC)(C(C)(C)C)c2ccc([nH]2)/C(CCCCCC)=C2/C=CC1=N2. The van der Waals surface area contributed by atoms with Gasteiger partial charge in [0.2, 0.25) is 0 Å². The molecule has 0 spiro atoms. The Morgan fingerprint density at radius 2 is 0.929 bits per heavy atom. The van der Waals surface area contributed by atoms with Crippen LogP contribution >= 0.6 is 0 Å². The monoisotopic (exact) mass is 761 g/mol. The first-order valence-corrected chi connectivity index (χ1v) is 23.3. The number of H-pyrrole nitrogens is 2. The van der Waals surface area contributed by atoms with E-state index in [2.05, 4.69) is 128 Å². The molecule has 4 nitrogen and oxygen atoms in total. The third-order valence-corrected chi connectivity index (χ3v) is 13.7. The second-order valence-electron chi connectivity index (χ2n) is 19.5. The molecule has 56 heavy (non-hydrogen) atoms. The minimum Gasteiger partial charge on any atom is -0.361 e. The van der Waals surface area contributed by atoms with Gasteiger partial charge in [0.1, 0.15) is 0 Å². The number of hydrogen-bond donors (Lipinski definition) is 2. The highest BCUT2D eigenvalue weighted by molar-refractivity contribution is 6.14. The van der Waals surface area contributed by atoms with Crippen LogP contribution in [0.2, 0.25) is 0 Å². The van der Waals surface area contributed by atoms with Gasteiger partial charge >= 0.3 is 0 Å². The summed E-state index contributed by atoms with van der Waals surface area (Å²) >= 11 is 0. The molecule has 0 fully saturated rings. The van der Waals surface area contributed by atoms with E-state index in [9.17, 15) is 0 Å². The van der Waals surface area contributed by atoms with Gasteiger partial charge in [-0.3, -0.25) is 4.99 Å². The lowest BCUT2D eigenvalue weighted by Crippen LogP contribution is -2.47. The fourth-order valence-corrected chi connectivity index (χ4v) is 10.2. The first-order chi connectivity index (χ1) is 26.9. The average Bonchev–Trinajstić information content (AvgIpc) is 3.99. The minimum absolute atomic E-state index is 0.0548. The quantitative estimate of drug-likeness (QED) is 0.126. The summed E-state index contributed by atoms with van der Waals surface area (Å²) in [6.45, 7) is 24.0. The van der Waals surface area contributed by atoms with E-state index in [0.717, 1.165) is 49.2 Å². The molecule has 308 valence electrons. The molecule has 0 aliphatic carbocycles.